The Morgan fingerprint density at radius 3 is 2.71 bits per heavy atom. The molecule has 0 aliphatic heterocycles. The first-order valence-corrected chi connectivity index (χ1v) is 4.56. The van der Waals surface area contributed by atoms with Crippen molar-refractivity contribution >= 4 is 0 Å². The minimum absolute atomic E-state index is 0.598. The lowest BCUT2D eigenvalue weighted by molar-refractivity contribution is 0.218. The van der Waals surface area contributed by atoms with Crippen LogP contribution in [-0.4, -0.2) is 10.1 Å². The molecule has 0 aliphatic rings. The zero-order valence-corrected chi connectivity index (χ0v) is 8.24. The second-order valence-electron chi connectivity index (χ2n) is 3.42. The topological polar surface area (TPSA) is 49.2 Å². The van der Waals surface area contributed by atoms with Crippen LogP contribution in [0, 0.1) is 13.8 Å². The molecule has 0 saturated carbocycles. The molecule has 0 fully saturated rings. The monoisotopic (exact) mass is 191 g/mol. The fourth-order valence-electron chi connectivity index (χ4n) is 1.61. The van der Waals surface area contributed by atoms with Crippen LogP contribution in [0.5, 0.6) is 0 Å². The Morgan fingerprint density at radius 1 is 1.43 bits per heavy atom. The average molecular weight is 191 g/mol. The van der Waals surface area contributed by atoms with Gasteiger partial charge in [-0.15, -0.1) is 0 Å². The third kappa shape index (κ3) is 1.46. The van der Waals surface area contributed by atoms with Gasteiger partial charge in [-0.25, -0.2) is 0 Å². The molecule has 3 heteroatoms. The second-order valence-corrected chi connectivity index (χ2v) is 3.42. The maximum atomic E-state index is 9.99. The van der Waals surface area contributed by atoms with Gasteiger partial charge in [0.05, 0.1) is 0 Å². The smallest absolute Gasteiger partial charge is 0.109 e. The Balaban J connectivity index is 2.36. The Bertz CT molecular complexity index is 414. The van der Waals surface area contributed by atoms with Crippen LogP contribution in [0.2, 0.25) is 0 Å². The van der Waals surface area contributed by atoms with Gasteiger partial charge in [0.25, 0.3) is 0 Å². The summed E-state index contributed by atoms with van der Waals surface area (Å²) in [5.41, 5.74) is 1.69. The highest BCUT2D eigenvalue weighted by atomic mass is 16.3. The number of hydrogen-bond acceptors (Lipinski definition) is 2. The van der Waals surface area contributed by atoms with Crippen molar-refractivity contribution in [1.29, 1.82) is 0 Å². The van der Waals surface area contributed by atoms with Crippen LogP contribution in [-0.2, 0) is 0 Å². The normalized spacial score (nSPS) is 13.1. The van der Waals surface area contributed by atoms with E-state index in [0.29, 0.717) is 0 Å². The summed E-state index contributed by atoms with van der Waals surface area (Å²) < 4.78 is 5.36. The molecule has 0 bridgehead atoms. The molecule has 1 unspecified atom stereocenters. The summed E-state index contributed by atoms with van der Waals surface area (Å²) >= 11 is 0. The first kappa shape index (κ1) is 9.09. The maximum absolute atomic E-state index is 9.99. The van der Waals surface area contributed by atoms with Gasteiger partial charge in [-0.2, -0.15) is 0 Å². The van der Waals surface area contributed by atoms with Gasteiger partial charge in [-0.05, 0) is 26.0 Å². The molecule has 74 valence electrons. The number of furan rings is 1. The van der Waals surface area contributed by atoms with Crippen LogP contribution >= 0.6 is 0 Å². The van der Waals surface area contributed by atoms with E-state index < -0.39 is 6.10 Å². The summed E-state index contributed by atoms with van der Waals surface area (Å²) in [5, 5.41) is 9.99. The van der Waals surface area contributed by atoms with Crippen molar-refractivity contribution in [2.75, 3.05) is 0 Å². The number of nitrogens with one attached hydrogen (secondary N) is 1. The number of rotatable bonds is 2. The van der Waals surface area contributed by atoms with Crippen molar-refractivity contribution in [3.8, 4) is 0 Å². The molecule has 2 N–H and O–H groups in total. The number of aromatic nitrogens is 1. The Kier molecular flexibility index (Phi) is 2.17. The van der Waals surface area contributed by atoms with Crippen molar-refractivity contribution in [2.24, 2.45) is 0 Å². The van der Waals surface area contributed by atoms with Crippen molar-refractivity contribution in [3.05, 3.63) is 47.2 Å². The van der Waals surface area contributed by atoms with Gasteiger partial charge >= 0.3 is 0 Å². The van der Waals surface area contributed by atoms with Crippen molar-refractivity contribution in [3.63, 3.8) is 0 Å². The molecule has 0 amide bonds. The Hall–Kier alpha value is -1.48. The molecule has 0 spiro atoms. The van der Waals surface area contributed by atoms with Crippen molar-refractivity contribution < 1.29 is 9.52 Å². The van der Waals surface area contributed by atoms with Crippen LogP contribution in [0.15, 0.2) is 28.9 Å². The van der Waals surface area contributed by atoms with E-state index in [1.54, 1.807) is 12.4 Å². The second kappa shape index (κ2) is 3.35. The van der Waals surface area contributed by atoms with Gasteiger partial charge < -0.3 is 14.5 Å². The third-order valence-electron chi connectivity index (χ3n) is 2.31. The minimum atomic E-state index is -0.598. The largest absolute Gasteiger partial charge is 0.466 e. The summed E-state index contributed by atoms with van der Waals surface area (Å²) in [7, 11) is 0. The summed E-state index contributed by atoms with van der Waals surface area (Å²) in [5.74, 6) is 1.60. The fraction of sp³-hybridized carbons (Fsp3) is 0.273. The lowest BCUT2D eigenvalue weighted by Crippen LogP contribution is -1.97. The molecule has 2 heterocycles. The van der Waals surface area contributed by atoms with Gasteiger partial charge in [0, 0.05) is 23.5 Å². The predicted octanol–water partition coefficient (Wildman–Crippen LogP) is 2.31. The lowest BCUT2D eigenvalue weighted by atomic mass is 10.1. The van der Waals surface area contributed by atoms with Crippen LogP contribution < -0.4 is 0 Å². The molecule has 0 aliphatic carbocycles. The number of H-pyrrole nitrogens is 1. The summed E-state index contributed by atoms with van der Waals surface area (Å²) in [6, 6.07) is 3.72. The number of aromatic amines is 1. The van der Waals surface area contributed by atoms with E-state index in [2.05, 4.69) is 4.98 Å². The zero-order chi connectivity index (χ0) is 10.1. The molecular formula is C11H13NO2. The number of aryl methyl sites for hydroxylation is 2. The lowest BCUT2D eigenvalue weighted by Gasteiger charge is -2.06. The van der Waals surface area contributed by atoms with Gasteiger partial charge in [0.1, 0.15) is 17.6 Å². The Labute approximate surface area is 82.4 Å². The predicted molar refractivity (Wildman–Crippen MR) is 53.0 cm³/mol. The van der Waals surface area contributed by atoms with Crippen molar-refractivity contribution in [2.45, 2.75) is 20.0 Å². The minimum Gasteiger partial charge on any atom is -0.466 e. The molecule has 0 saturated heterocycles. The quantitative estimate of drug-likeness (QED) is 0.765. The zero-order valence-electron chi connectivity index (χ0n) is 8.24. The van der Waals surface area contributed by atoms with Crippen LogP contribution in [0.3, 0.4) is 0 Å². The first-order valence-electron chi connectivity index (χ1n) is 4.56. The summed E-state index contributed by atoms with van der Waals surface area (Å²) in [6.45, 7) is 3.73. The Morgan fingerprint density at radius 2 is 2.21 bits per heavy atom. The summed E-state index contributed by atoms with van der Waals surface area (Å²) in [4.78, 5) is 2.92. The molecule has 2 aromatic heterocycles. The number of aliphatic hydroxyl groups excluding tert-OH is 1. The average Bonchev–Trinajstić information content (AvgIpc) is 2.73. The van der Waals surface area contributed by atoms with E-state index in [9.17, 15) is 5.11 Å². The maximum Gasteiger partial charge on any atom is 0.109 e. The van der Waals surface area contributed by atoms with E-state index in [-0.39, 0.29) is 0 Å². The molecule has 14 heavy (non-hydrogen) atoms. The van der Waals surface area contributed by atoms with Crippen LogP contribution in [0.25, 0.3) is 0 Å². The molecule has 2 aromatic rings. The van der Waals surface area contributed by atoms with Gasteiger partial charge in [-0.3, -0.25) is 0 Å². The first-order chi connectivity index (χ1) is 6.68. The molecule has 3 nitrogen and oxygen atoms in total. The van der Waals surface area contributed by atoms with Crippen molar-refractivity contribution in [1.82, 2.24) is 4.98 Å². The number of hydrogen-bond donors (Lipinski definition) is 2. The highest BCUT2D eigenvalue weighted by Crippen LogP contribution is 2.26. The molecule has 2 rings (SSSR count). The van der Waals surface area contributed by atoms with Gasteiger partial charge in [-0.1, -0.05) is 0 Å². The number of aliphatic hydroxyl groups is 1. The standard InChI is InChI=1S/C11H13NO2/c1-7-5-10(8(2)14-7)11(13)9-3-4-12-6-9/h3-6,11-13H,1-2H3. The molecule has 1 atom stereocenters. The summed E-state index contributed by atoms with van der Waals surface area (Å²) in [6.07, 6.45) is 2.98. The molecule has 0 aromatic carbocycles. The van der Waals surface area contributed by atoms with E-state index in [1.807, 2.05) is 26.0 Å². The third-order valence-corrected chi connectivity index (χ3v) is 2.31. The SMILES string of the molecule is Cc1cc(C(O)c2cc[nH]c2)c(C)o1. The van der Waals surface area contributed by atoms with Crippen LogP contribution in [0.1, 0.15) is 28.8 Å². The molecule has 0 radical (unpaired) electrons. The van der Waals surface area contributed by atoms with E-state index in [1.165, 1.54) is 0 Å². The fourth-order valence-corrected chi connectivity index (χ4v) is 1.61. The highest BCUT2D eigenvalue weighted by Gasteiger charge is 2.16. The van der Waals surface area contributed by atoms with Gasteiger partial charge in [0.15, 0.2) is 0 Å². The highest BCUT2D eigenvalue weighted by molar-refractivity contribution is 5.31. The van der Waals surface area contributed by atoms with Gasteiger partial charge in [0.2, 0.25) is 0 Å². The van der Waals surface area contributed by atoms with E-state index in [4.69, 9.17) is 4.42 Å². The van der Waals surface area contributed by atoms with E-state index >= 15 is 0 Å². The van der Waals surface area contributed by atoms with Crippen LogP contribution in [0.4, 0.5) is 0 Å². The van der Waals surface area contributed by atoms with E-state index in [0.717, 1.165) is 22.6 Å². The molecular weight excluding hydrogens is 178 g/mol.